The minimum atomic E-state index is -0.368. The summed E-state index contributed by atoms with van der Waals surface area (Å²) < 4.78 is 16.3. The molecule has 1 amide bonds. The molecular weight excluding hydrogens is 392 g/mol. The number of hydrogen-bond donors (Lipinski definition) is 2. The quantitative estimate of drug-likeness (QED) is 0.523. The van der Waals surface area contributed by atoms with Crippen molar-refractivity contribution < 1.29 is 23.6 Å². The number of quaternary nitrogens is 1. The maximum Gasteiger partial charge on any atom is 0.282 e. The van der Waals surface area contributed by atoms with Gasteiger partial charge < -0.3 is 24.1 Å². The van der Waals surface area contributed by atoms with E-state index in [2.05, 4.69) is 15.5 Å². The standard InChI is InChI=1S/C20H24N4O4S/c1-14(19(25)21-15-7-4-5-8-16(15)27-3)24(10-11-26-2)13-18-22-23-20(28-18)17-9-6-12-29-17/h4-9,12,14H,10-11,13H2,1-3H3,(H,21,25)/p+1/t14-/m1/s1. The Hall–Kier alpha value is -2.75. The predicted molar refractivity (Wildman–Crippen MR) is 110 cm³/mol. The number of thiophene rings is 1. The molecule has 29 heavy (non-hydrogen) atoms. The van der Waals surface area contributed by atoms with Crippen molar-refractivity contribution in [3.05, 3.63) is 47.7 Å². The normalized spacial score (nSPS) is 13.1. The third-order valence-corrected chi connectivity index (χ3v) is 5.43. The van der Waals surface area contributed by atoms with Crippen LogP contribution in [0.15, 0.2) is 46.2 Å². The van der Waals surface area contributed by atoms with E-state index in [4.69, 9.17) is 13.9 Å². The van der Waals surface area contributed by atoms with Gasteiger partial charge in [-0.1, -0.05) is 18.2 Å². The second kappa shape index (κ2) is 10.1. The van der Waals surface area contributed by atoms with Crippen molar-refractivity contribution in [2.45, 2.75) is 19.5 Å². The van der Waals surface area contributed by atoms with Gasteiger partial charge >= 0.3 is 0 Å². The van der Waals surface area contributed by atoms with Crippen molar-refractivity contribution >= 4 is 22.9 Å². The Morgan fingerprint density at radius 1 is 1.24 bits per heavy atom. The molecule has 0 aliphatic carbocycles. The molecule has 8 nitrogen and oxygen atoms in total. The number of aromatic nitrogens is 2. The van der Waals surface area contributed by atoms with Crippen LogP contribution in [-0.2, 0) is 16.1 Å². The first-order valence-corrected chi connectivity index (χ1v) is 10.1. The molecule has 0 radical (unpaired) electrons. The summed E-state index contributed by atoms with van der Waals surface area (Å²) in [4.78, 5) is 14.8. The monoisotopic (exact) mass is 417 g/mol. The third kappa shape index (κ3) is 5.41. The maximum absolute atomic E-state index is 12.9. The van der Waals surface area contributed by atoms with Gasteiger partial charge in [0.25, 0.3) is 17.7 Å². The van der Waals surface area contributed by atoms with E-state index in [0.717, 1.165) is 9.78 Å². The molecule has 2 atom stereocenters. The summed E-state index contributed by atoms with van der Waals surface area (Å²) in [6.45, 7) is 3.41. The molecule has 0 aliphatic rings. The lowest BCUT2D eigenvalue weighted by atomic mass is 10.2. The van der Waals surface area contributed by atoms with Gasteiger partial charge in [0.15, 0.2) is 12.6 Å². The number of methoxy groups -OCH3 is 2. The van der Waals surface area contributed by atoms with Crippen LogP contribution in [0, 0.1) is 0 Å². The molecule has 3 aromatic rings. The summed E-state index contributed by atoms with van der Waals surface area (Å²) >= 11 is 1.54. The number of para-hydroxylation sites is 2. The number of anilines is 1. The molecule has 0 saturated carbocycles. The van der Waals surface area contributed by atoms with E-state index in [-0.39, 0.29) is 11.9 Å². The molecule has 2 aromatic heterocycles. The van der Waals surface area contributed by atoms with Crippen LogP contribution in [0.2, 0.25) is 0 Å². The number of hydrogen-bond acceptors (Lipinski definition) is 7. The predicted octanol–water partition coefficient (Wildman–Crippen LogP) is 1.87. The SMILES string of the molecule is COCC[NH+](Cc1nnc(-c2cccs2)o1)[C@H](C)C(=O)Nc1ccccc1OC. The van der Waals surface area contributed by atoms with Crippen molar-refractivity contribution in [1.29, 1.82) is 0 Å². The number of carbonyl (C=O) groups is 1. The lowest BCUT2D eigenvalue weighted by Gasteiger charge is -2.24. The molecule has 2 N–H and O–H groups in total. The minimum Gasteiger partial charge on any atom is -0.495 e. The molecule has 1 unspecified atom stereocenters. The summed E-state index contributed by atoms with van der Waals surface area (Å²) in [5, 5.41) is 13.2. The van der Waals surface area contributed by atoms with Crippen molar-refractivity contribution in [2.24, 2.45) is 0 Å². The molecule has 0 fully saturated rings. The van der Waals surface area contributed by atoms with Crippen LogP contribution in [-0.4, -0.2) is 49.5 Å². The third-order valence-electron chi connectivity index (χ3n) is 4.57. The number of nitrogens with one attached hydrogen (secondary N) is 2. The van der Waals surface area contributed by atoms with Gasteiger partial charge in [-0.05, 0) is 30.5 Å². The number of carbonyl (C=O) groups excluding carboxylic acids is 1. The number of benzene rings is 1. The molecule has 2 heterocycles. The van der Waals surface area contributed by atoms with E-state index in [1.165, 1.54) is 11.3 Å². The number of nitrogens with zero attached hydrogens (tertiary/aromatic N) is 2. The zero-order valence-corrected chi connectivity index (χ0v) is 17.5. The lowest BCUT2D eigenvalue weighted by molar-refractivity contribution is -0.929. The summed E-state index contributed by atoms with van der Waals surface area (Å²) in [5.41, 5.74) is 0.635. The molecule has 1 aromatic carbocycles. The second-order valence-electron chi connectivity index (χ2n) is 6.47. The van der Waals surface area contributed by atoms with Gasteiger partial charge in [-0.3, -0.25) is 4.79 Å². The molecule has 154 valence electrons. The molecule has 3 rings (SSSR count). The van der Waals surface area contributed by atoms with Crippen molar-refractivity contribution in [3.8, 4) is 16.5 Å². The Bertz CT molecular complexity index is 913. The van der Waals surface area contributed by atoms with Crippen LogP contribution in [0.5, 0.6) is 5.75 Å². The maximum atomic E-state index is 12.9. The minimum absolute atomic E-state index is 0.126. The summed E-state index contributed by atoms with van der Waals surface area (Å²) in [6, 6.07) is 10.8. The zero-order chi connectivity index (χ0) is 20.6. The smallest absolute Gasteiger partial charge is 0.282 e. The van der Waals surface area contributed by atoms with Gasteiger partial charge in [0.05, 0.1) is 24.3 Å². The first kappa shape index (κ1) is 21.0. The van der Waals surface area contributed by atoms with Crippen LogP contribution in [0.1, 0.15) is 12.8 Å². The first-order chi connectivity index (χ1) is 14.1. The molecule has 0 spiro atoms. The van der Waals surface area contributed by atoms with E-state index < -0.39 is 0 Å². The highest BCUT2D eigenvalue weighted by Crippen LogP contribution is 2.23. The topological polar surface area (TPSA) is 90.9 Å². The summed E-state index contributed by atoms with van der Waals surface area (Å²) in [6.07, 6.45) is 0. The fourth-order valence-corrected chi connectivity index (χ4v) is 3.53. The van der Waals surface area contributed by atoms with Crippen molar-refractivity contribution in [2.75, 3.05) is 32.7 Å². The van der Waals surface area contributed by atoms with Crippen LogP contribution < -0.4 is 15.0 Å². The highest BCUT2D eigenvalue weighted by Gasteiger charge is 2.28. The first-order valence-electron chi connectivity index (χ1n) is 9.26. The largest absolute Gasteiger partial charge is 0.495 e. The summed E-state index contributed by atoms with van der Waals surface area (Å²) in [7, 11) is 3.21. The Labute approximate surface area is 173 Å². The van der Waals surface area contributed by atoms with E-state index in [0.29, 0.717) is 42.9 Å². The van der Waals surface area contributed by atoms with Gasteiger partial charge in [0, 0.05) is 7.11 Å². The number of amides is 1. The Morgan fingerprint density at radius 3 is 2.79 bits per heavy atom. The van der Waals surface area contributed by atoms with E-state index in [9.17, 15) is 4.79 Å². The highest BCUT2D eigenvalue weighted by atomic mass is 32.1. The van der Waals surface area contributed by atoms with Crippen LogP contribution in [0.3, 0.4) is 0 Å². The van der Waals surface area contributed by atoms with Gasteiger partial charge in [0.1, 0.15) is 12.3 Å². The number of rotatable bonds is 10. The Balaban J connectivity index is 1.70. The number of ether oxygens (including phenoxy) is 2. The second-order valence-corrected chi connectivity index (χ2v) is 7.41. The van der Waals surface area contributed by atoms with Gasteiger partial charge in [0.2, 0.25) is 0 Å². The molecule has 0 saturated heterocycles. The van der Waals surface area contributed by atoms with Crippen molar-refractivity contribution in [1.82, 2.24) is 10.2 Å². The fourth-order valence-electron chi connectivity index (χ4n) is 2.88. The van der Waals surface area contributed by atoms with Gasteiger partial charge in [-0.15, -0.1) is 21.5 Å². The molecular formula is C20H25N4O4S+. The van der Waals surface area contributed by atoms with E-state index in [1.807, 2.05) is 42.6 Å². The Kier molecular flexibility index (Phi) is 7.34. The molecule has 0 aliphatic heterocycles. The van der Waals surface area contributed by atoms with Crippen LogP contribution in [0.4, 0.5) is 5.69 Å². The lowest BCUT2D eigenvalue weighted by Crippen LogP contribution is -3.15. The molecule has 9 heteroatoms. The van der Waals surface area contributed by atoms with Gasteiger partial charge in [-0.2, -0.15) is 0 Å². The van der Waals surface area contributed by atoms with E-state index >= 15 is 0 Å². The average molecular weight is 418 g/mol. The Morgan fingerprint density at radius 2 is 2.07 bits per heavy atom. The average Bonchev–Trinajstić information content (AvgIpc) is 3.42. The van der Waals surface area contributed by atoms with Gasteiger partial charge in [-0.25, -0.2) is 0 Å². The van der Waals surface area contributed by atoms with E-state index in [1.54, 1.807) is 20.3 Å². The highest BCUT2D eigenvalue weighted by molar-refractivity contribution is 7.13. The zero-order valence-electron chi connectivity index (χ0n) is 16.7. The summed E-state index contributed by atoms with van der Waals surface area (Å²) in [5.74, 6) is 1.46. The van der Waals surface area contributed by atoms with Crippen LogP contribution in [0.25, 0.3) is 10.8 Å². The molecule has 0 bridgehead atoms. The van der Waals surface area contributed by atoms with Crippen molar-refractivity contribution in [3.63, 3.8) is 0 Å². The van der Waals surface area contributed by atoms with Crippen LogP contribution >= 0.6 is 11.3 Å². The fraction of sp³-hybridized carbons (Fsp3) is 0.350.